The molecule has 0 aliphatic carbocycles. The molecular formula is C13H22N2O4. The molecule has 19 heavy (non-hydrogen) atoms. The summed E-state index contributed by atoms with van der Waals surface area (Å²) >= 11 is 0. The van der Waals surface area contributed by atoms with E-state index in [1.165, 1.54) is 0 Å². The molecule has 0 aromatic carbocycles. The van der Waals surface area contributed by atoms with Gasteiger partial charge in [-0.05, 0) is 20.3 Å². The Hall–Kier alpha value is -1.40. The minimum Gasteiger partial charge on any atom is -0.481 e. The number of carbonyl (C=O) groups is 1. The van der Waals surface area contributed by atoms with Gasteiger partial charge in [0.2, 0.25) is 0 Å². The summed E-state index contributed by atoms with van der Waals surface area (Å²) in [6.45, 7) is 7.19. The quantitative estimate of drug-likeness (QED) is 0.738. The van der Waals surface area contributed by atoms with Crippen LogP contribution >= 0.6 is 0 Å². The van der Waals surface area contributed by atoms with Crippen molar-refractivity contribution < 1.29 is 19.5 Å². The zero-order valence-electron chi connectivity index (χ0n) is 11.7. The van der Waals surface area contributed by atoms with Crippen LogP contribution in [0.4, 0.5) is 0 Å². The summed E-state index contributed by atoms with van der Waals surface area (Å²) in [4.78, 5) is 13.0. The van der Waals surface area contributed by atoms with Gasteiger partial charge in [0.15, 0.2) is 0 Å². The number of aliphatic carboxylic acids is 1. The number of hydrogen-bond donors (Lipinski definition) is 2. The number of rotatable bonds is 8. The SMILES string of the molecule is Cc1noc(C)c1CN(CCCO)CC(C)C(=O)O. The van der Waals surface area contributed by atoms with Crippen LogP contribution < -0.4 is 0 Å². The first-order valence-corrected chi connectivity index (χ1v) is 6.43. The third-order valence-corrected chi connectivity index (χ3v) is 3.15. The zero-order valence-corrected chi connectivity index (χ0v) is 11.7. The highest BCUT2D eigenvalue weighted by atomic mass is 16.5. The van der Waals surface area contributed by atoms with Crippen LogP contribution in [0.25, 0.3) is 0 Å². The molecule has 0 saturated carbocycles. The molecule has 0 spiro atoms. The monoisotopic (exact) mass is 270 g/mol. The Morgan fingerprint density at radius 1 is 1.47 bits per heavy atom. The van der Waals surface area contributed by atoms with Crippen molar-refractivity contribution in [3.05, 3.63) is 17.0 Å². The molecule has 0 saturated heterocycles. The maximum atomic E-state index is 10.9. The van der Waals surface area contributed by atoms with Crippen LogP contribution in [0.3, 0.4) is 0 Å². The number of aromatic nitrogens is 1. The summed E-state index contributed by atoms with van der Waals surface area (Å²) in [5, 5.41) is 21.8. The molecule has 0 amide bonds. The Morgan fingerprint density at radius 3 is 2.63 bits per heavy atom. The van der Waals surface area contributed by atoms with Gasteiger partial charge in [0.1, 0.15) is 5.76 Å². The van der Waals surface area contributed by atoms with Crippen LogP contribution in [-0.2, 0) is 11.3 Å². The van der Waals surface area contributed by atoms with Crippen molar-refractivity contribution >= 4 is 5.97 Å². The lowest BCUT2D eigenvalue weighted by Gasteiger charge is -2.23. The van der Waals surface area contributed by atoms with Gasteiger partial charge in [-0.25, -0.2) is 0 Å². The number of aliphatic hydroxyl groups is 1. The van der Waals surface area contributed by atoms with E-state index in [2.05, 4.69) is 5.16 Å². The molecule has 1 aromatic heterocycles. The van der Waals surface area contributed by atoms with Gasteiger partial charge in [0.25, 0.3) is 0 Å². The van der Waals surface area contributed by atoms with Gasteiger partial charge in [-0.3, -0.25) is 9.69 Å². The number of carboxylic acid groups (broad SMARTS) is 1. The second-order valence-corrected chi connectivity index (χ2v) is 4.85. The van der Waals surface area contributed by atoms with Crippen molar-refractivity contribution in [3.8, 4) is 0 Å². The Bertz CT molecular complexity index is 397. The summed E-state index contributed by atoms with van der Waals surface area (Å²) in [6, 6.07) is 0. The van der Waals surface area contributed by atoms with Gasteiger partial charge in [-0.15, -0.1) is 0 Å². The van der Waals surface area contributed by atoms with Crippen LogP contribution in [0.2, 0.25) is 0 Å². The second kappa shape index (κ2) is 7.25. The Labute approximate surface area is 113 Å². The number of nitrogens with zero attached hydrogens (tertiary/aromatic N) is 2. The first-order valence-electron chi connectivity index (χ1n) is 6.43. The van der Waals surface area contributed by atoms with Gasteiger partial charge in [0, 0.05) is 31.8 Å². The number of aliphatic hydroxyl groups excluding tert-OH is 1. The molecular weight excluding hydrogens is 248 g/mol. The molecule has 1 atom stereocenters. The lowest BCUT2D eigenvalue weighted by Crippen LogP contribution is -2.33. The van der Waals surface area contributed by atoms with E-state index in [-0.39, 0.29) is 6.61 Å². The molecule has 6 heteroatoms. The molecule has 2 N–H and O–H groups in total. The summed E-state index contributed by atoms with van der Waals surface area (Å²) in [5.41, 5.74) is 1.82. The third-order valence-electron chi connectivity index (χ3n) is 3.15. The maximum Gasteiger partial charge on any atom is 0.307 e. The average Bonchev–Trinajstić information content (AvgIpc) is 2.67. The molecule has 1 unspecified atom stereocenters. The average molecular weight is 270 g/mol. The molecule has 108 valence electrons. The van der Waals surface area contributed by atoms with Crippen molar-refractivity contribution in [2.24, 2.45) is 5.92 Å². The second-order valence-electron chi connectivity index (χ2n) is 4.85. The minimum absolute atomic E-state index is 0.0968. The van der Waals surface area contributed by atoms with Gasteiger partial charge >= 0.3 is 5.97 Å². The normalized spacial score (nSPS) is 12.9. The highest BCUT2D eigenvalue weighted by Gasteiger charge is 2.19. The summed E-state index contributed by atoms with van der Waals surface area (Å²) in [5.74, 6) is -0.499. The fraction of sp³-hybridized carbons (Fsp3) is 0.692. The van der Waals surface area contributed by atoms with E-state index in [0.29, 0.717) is 26.1 Å². The highest BCUT2D eigenvalue weighted by Crippen LogP contribution is 2.16. The lowest BCUT2D eigenvalue weighted by atomic mass is 10.1. The lowest BCUT2D eigenvalue weighted by molar-refractivity contribution is -0.141. The molecule has 0 bridgehead atoms. The van der Waals surface area contributed by atoms with E-state index >= 15 is 0 Å². The van der Waals surface area contributed by atoms with Crippen LogP contribution in [-0.4, -0.2) is 45.9 Å². The Morgan fingerprint density at radius 2 is 2.16 bits per heavy atom. The molecule has 0 radical (unpaired) electrons. The molecule has 1 rings (SSSR count). The van der Waals surface area contributed by atoms with Crippen molar-refractivity contribution in [3.63, 3.8) is 0 Å². The van der Waals surface area contributed by atoms with E-state index in [0.717, 1.165) is 17.0 Å². The van der Waals surface area contributed by atoms with Gasteiger partial charge in [-0.2, -0.15) is 0 Å². The molecule has 0 aliphatic rings. The van der Waals surface area contributed by atoms with Crippen molar-refractivity contribution in [2.45, 2.75) is 33.7 Å². The fourth-order valence-corrected chi connectivity index (χ4v) is 1.95. The number of carboxylic acids is 1. The first kappa shape index (κ1) is 15.7. The molecule has 1 aromatic rings. The van der Waals surface area contributed by atoms with Crippen LogP contribution in [0, 0.1) is 19.8 Å². The molecule has 0 aliphatic heterocycles. The minimum atomic E-state index is -0.812. The van der Waals surface area contributed by atoms with Crippen molar-refractivity contribution in [1.82, 2.24) is 10.1 Å². The van der Waals surface area contributed by atoms with E-state index in [4.69, 9.17) is 14.7 Å². The standard InChI is InChI=1S/C13H22N2O4/c1-9(13(17)18)7-15(5-4-6-16)8-12-10(2)14-19-11(12)3/h9,16H,4-8H2,1-3H3,(H,17,18). The topological polar surface area (TPSA) is 86.8 Å². The summed E-state index contributed by atoms with van der Waals surface area (Å²) in [7, 11) is 0. The van der Waals surface area contributed by atoms with E-state index < -0.39 is 11.9 Å². The number of aryl methyl sites for hydroxylation is 2. The predicted octanol–water partition coefficient (Wildman–Crippen LogP) is 1.20. The summed E-state index contributed by atoms with van der Waals surface area (Å²) < 4.78 is 5.11. The molecule has 1 heterocycles. The van der Waals surface area contributed by atoms with E-state index in [1.54, 1.807) is 6.92 Å². The predicted molar refractivity (Wildman–Crippen MR) is 69.8 cm³/mol. The van der Waals surface area contributed by atoms with Crippen molar-refractivity contribution in [1.29, 1.82) is 0 Å². The molecule has 6 nitrogen and oxygen atoms in total. The largest absolute Gasteiger partial charge is 0.481 e. The zero-order chi connectivity index (χ0) is 14.4. The van der Waals surface area contributed by atoms with Gasteiger partial charge in [0.05, 0.1) is 11.6 Å². The van der Waals surface area contributed by atoms with Crippen LogP contribution in [0.15, 0.2) is 4.52 Å². The van der Waals surface area contributed by atoms with E-state index in [1.807, 2.05) is 18.7 Å². The van der Waals surface area contributed by atoms with Gasteiger partial charge in [-0.1, -0.05) is 12.1 Å². The Balaban J connectivity index is 2.71. The van der Waals surface area contributed by atoms with Crippen LogP contribution in [0.5, 0.6) is 0 Å². The smallest absolute Gasteiger partial charge is 0.307 e. The van der Waals surface area contributed by atoms with Crippen molar-refractivity contribution in [2.75, 3.05) is 19.7 Å². The van der Waals surface area contributed by atoms with Crippen LogP contribution in [0.1, 0.15) is 30.4 Å². The molecule has 0 fully saturated rings. The maximum absolute atomic E-state index is 10.9. The number of hydrogen-bond acceptors (Lipinski definition) is 5. The highest BCUT2D eigenvalue weighted by molar-refractivity contribution is 5.69. The Kier molecular flexibility index (Phi) is 5.98. The third kappa shape index (κ3) is 4.65. The first-order chi connectivity index (χ1) is 8.95. The van der Waals surface area contributed by atoms with E-state index in [9.17, 15) is 4.79 Å². The van der Waals surface area contributed by atoms with Gasteiger partial charge < -0.3 is 14.7 Å². The fourth-order valence-electron chi connectivity index (χ4n) is 1.95. The summed E-state index contributed by atoms with van der Waals surface area (Å²) in [6.07, 6.45) is 0.621.